The molecule has 0 aliphatic carbocycles. The molecule has 2 rings (SSSR count). The van der Waals surface area contributed by atoms with Gasteiger partial charge in [0.2, 0.25) is 5.43 Å². The summed E-state index contributed by atoms with van der Waals surface area (Å²) in [7, 11) is 4.11. The second-order valence-corrected chi connectivity index (χ2v) is 7.96. The highest BCUT2D eigenvalue weighted by Gasteiger charge is 2.10. The van der Waals surface area contributed by atoms with E-state index in [1.54, 1.807) is 6.20 Å². The fraction of sp³-hybridized carbons (Fsp3) is 0.389. The minimum absolute atomic E-state index is 0.0320. The molecule has 2 aromatic rings. The first-order valence-corrected chi connectivity index (χ1v) is 9.52. The van der Waals surface area contributed by atoms with E-state index < -0.39 is 0 Å². The largest absolute Gasteiger partial charge is 0.346 e. The molecule has 23 heavy (non-hydrogen) atoms. The molecule has 122 valence electrons. The normalized spacial score (nSPS) is 12.5. The Hall–Kier alpha value is -1.90. The Morgan fingerprint density at radius 2 is 2.13 bits per heavy atom. The van der Waals surface area contributed by atoms with Gasteiger partial charge in [-0.1, -0.05) is 11.9 Å². The first-order valence-electron chi connectivity index (χ1n) is 7.55. The summed E-state index contributed by atoms with van der Waals surface area (Å²) in [5.41, 5.74) is 2.04. The molecule has 4 nitrogen and oxygen atoms in total. The molecule has 1 atom stereocenters. The summed E-state index contributed by atoms with van der Waals surface area (Å²) in [6.45, 7) is 1.75. The minimum Gasteiger partial charge on any atom is -0.346 e. The molecule has 1 aromatic heterocycles. The summed E-state index contributed by atoms with van der Waals surface area (Å²) in [4.78, 5) is 14.6. The van der Waals surface area contributed by atoms with Gasteiger partial charge in [0.1, 0.15) is 11.6 Å². The lowest BCUT2D eigenvalue weighted by Crippen LogP contribution is -2.17. The summed E-state index contributed by atoms with van der Waals surface area (Å²) < 4.78 is 2.03. The summed E-state index contributed by atoms with van der Waals surface area (Å²) in [5, 5.41) is 9.89. The Bertz CT molecular complexity index is 831. The Morgan fingerprint density at radius 1 is 1.39 bits per heavy atom. The van der Waals surface area contributed by atoms with E-state index in [-0.39, 0.29) is 21.5 Å². The number of hydrogen-bond acceptors (Lipinski definition) is 3. The third-order valence-electron chi connectivity index (χ3n) is 3.68. The maximum atomic E-state index is 12.5. The second kappa shape index (κ2) is 7.58. The number of rotatable bonds is 6. The molecule has 1 heterocycles. The number of pyridine rings is 1. The van der Waals surface area contributed by atoms with E-state index >= 15 is 0 Å². The monoisotopic (exact) mass is 329 g/mol. The van der Waals surface area contributed by atoms with Crippen molar-refractivity contribution in [2.24, 2.45) is 0 Å². The molecule has 1 unspecified atom stereocenters. The number of nitrogens with zero attached hydrogens (tertiary/aromatic N) is 3. The zero-order valence-electron chi connectivity index (χ0n) is 14.0. The van der Waals surface area contributed by atoms with Crippen molar-refractivity contribution in [1.82, 2.24) is 9.47 Å². The van der Waals surface area contributed by atoms with E-state index in [4.69, 9.17) is 0 Å². The Kier molecular flexibility index (Phi) is 5.75. The Labute approximate surface area is 139 Å². The predicted molar refractivity (Wildman–Crippen MR) is 100 cm³/mol. The maximum Gasteiger partial charge on any atom is 0.207 e. The SMILES string of the molecule is C=S(C)Cc1ccc2c(c1)c(=O)c(C#N)cn2CCCN(C)C. The highest BCUT2D eigenvalue weighted by atomic mass is 32.2. The number of benzene rings is 1. The van der Waals surface area contributed by atoms with Crippen molar-refractivity contribution in [2.75, 3.05) is 26.9 Å². The van der Waals surface area contributed by atoms with E-state index in [0.29, 0.717) is 5.39 Å². The molecule has 0 bridgehead atoms. The molecule has 0 saturated heterocycles. The van der Waals surface area contributed by atoms with Crippen LogP contribution in [0.15, 0.2) is 29.2 Å². The van der Waals surface area contributed by atoms with E-state index in [0.717, 1.165) is 36.3 Å². The summed E-state index contributed by atoms with van der Waals surface area (Å²) in [5.74, 6) is 4.89. The van der Waals surface area contributed by atoms with Crippen LogP contribution in [0.25, 0.3) is 10.9 Å². The molecule has 0 amide bonds. The number of aromatic nitrogens is 1. The van der Waals surface area contributed by atoms with Crippen LogP contribution in [-0.2, 0) is 12.3 Å². The van der Waals surface area contributed by atoms with Gasteiger partial charge in [-0.3, -0.25) is 4.79 Å². The smallest absolute Gasteiger partial charge is 0.207 e. The van der Waals surface area contributed by atoms with E-state index in [9.17, 15) is 10.1 Å². The fourth-order valence-corrected chi connectivity index (χ4v) is 3.39. The summed E-state index contributed by atoms with van der Waals surface area (Å²) in [6.07, 6.45) is 4.73. The molecule has 0 fully saturated rings. The van der Waals surface area contributed by atoms with Gasteiger partial charge in [0.25, 0.3) is 0 Å². The molecule has 0 saturated carbocycles. The van der Waals surface area contributed by atoms with Crippen LogP contribution in [0.2, 0.25) is 0 Å². The third kappa shape index (κ3) is 4.31. The van der Waals surface area contributed by atoms with Crippen LogP contribution in [0.3, 0.4) is 0 Å². The number of nitriles is 1. The van der Waals surface area contributed by atoms with E-state index in [1.165, 1.54) is 0 Å². The lowest BCUT2D eigenvalue weighted by molar-refractivity contribution is 0.387. The number of fused-ring (bicyclic) bond motifs is 1. The average molecular weight is 329 g/mol. The highest BCUT2D eigenvalue weighted by molar-refractivity contribution is 8.12. The van der Waals surface area contributed by atoms with Crippen LogP contribution in [0.5, 0.6) is 0 Å². The van der Waals surface area contributed by atoms with Crippen LogP contribution >= 0.6 is 10.5 Å². The fourth-order valence-electron chi connectivity index (χ4n) is 2.64. The van der Waals surface area contributed by atoms with Crippen molar-refractivity contribution in [1.29, 1.82) is 5.26 Å². The van der Waals surface area contributed by atoms with Gasteiger partial charge < -0.3 is 9.47 Å². The van der Waals surface area contributed by atoms with Crippen molar-refractivity contribution in [2.45, 2.75) is 18.7 Å². The zero-order chi connectivity index (χ0) is 17.0. The van der Waals surface area contributed by atoms with Crippen molar-refractivity contribution < 1.29 is 0 Å². The molecular formula is C18H23N3OS. The van der Waals surface area contributed by atoms with Crippen molar-refractivity contribution in [3.8, 4) is 6.07 Å². The first kappa shape index (κ1) is 17.5. The summed E-state index contributed by atoms with van der Waals surface area (Å²) >= 11 is 0. The molecule has 0 radical (unpaired) electrons. The van der Waals surface area contributed by atoms with Gasteiger partial charge in [-0.15, -0.1) is 0 Å². The van der Waals surface area contributed by atoms with Crippen LogP contribution in [0.1, 0.15) is 17.5 Å². The van der Waals surface area contributed by atoms with Gasteiger partial charge in [0.05, 0.1) is 5.52 Å². The van der Waals surface area contributed by atoms with E-state index in [2.05, 4.69) is 23.1 Å². The van der Waals surface area contributed by atoms with Crippen molar-refractivity contribution in [3.05, 3.63) is 45.7 Å². The third-order valence-corrected chi connectivity index (χ3v) is 4.51. The van der Waals surface area contributed by atoms with Gasteiger partial charge in [0, 0.05) is 23.9 Å². The second-order valence-electron chi connectivity index (χ2n) is 6.11. The average Bonchev–Trinajstić information content (AvgIpc) is 2.48. The van der Waals surface area contributed by atoms with Crippen LogP contribution in [0.4, 0.5) is 0 Å². The highest BCUT2D eigenvalue weighted by Crippen LogP contribution is 2.19. The zero-order valence-corrected chi connectivity index (χ0v) is 14.8. The van der Waals surface area contributed by atoms with Gasteiger partial charge in [-0.2, -0.15) is 15.7 Å². The first-order chi connectivity index (χ1) is 10.9. The van der Waals surface area contributed by atoms with Gasteiger partial charge >= 0.3 is 0 Å². The quantitative estimate of drug-likeness (QED) is 0.766. The number of hydrogen-bond donors (Lipinski definition) is 0. The topological polar surface area (TPSA) is 49.0 Å². The molecule has 1 aromatic carbocycles. The predicted octanol–water partition coefficient (Wildman–Crippen LogP) is 2.66. The molecule has 5 heteroatoms. The number of aryl methyl sites for hydroxylation is 1. The molecule has 0 spiro atoms. The maximum absolute atomic E-state index is 12.5. The van der Waals surface area contributed by atoms with Crippen LogP contribution in [0, 0.1) is 11.3 Å². The molecule has 0 N–H and O–H groups in total. The van der Waals surface area contributed by atoms with E-state index in [1.807, 2.05) is 36.9 Å². The van der Waals surface area contributed by atoms with Gasteiger partial charge in [-0.25, -0.2) is 0 Å². The Balaban J connectivity index is 2.50. The molecular weight excluding hydrogens is 306 g/mol. The van der Waals surface area contributed by atoms with Crippen LogP contribution < -0.4 is 5.43 Å². The van der Waals surface area contributed by atoms with Crippen molar-refractivity contribution >= 4 is 27.3 Å². The minimum atomic E-state index is -0.173. The molecule has 0 aliphatic rings. The lowest BCUT2D eigenvalue weighted by atomic mass is 10.1. The van der Waals surface area contributed by atoms with Crippen molar-refractivity contribution in [3.63, 3.8) is 0 Å². The standard InChI is InChI=1S/C18H23N3OS/c1-20(2)8-5-9-21-12-15(11-19)18(22)16-10-14(13-23(3)4)6-7-17(16)21/h6-7,10,12H,3,5,8-9,13H2,1-2,4H3. The van der Waals surface area contributed by atoms with Crippen LogP contribution in [-0.4, -0.2) is 42.2 Å². The molecule has 0 aliphatic heterocycles. The summed E-state index contributed by atoms with van der Waals surface area (Å²) in [6, 6.07) is 8.02. The Morgan fingerprint density at radius 3 is 2.74 bits per heavy atom. The lowest BCUT2D eigenvalue weighted by Gasteiger charge is -2.14. The van der Waals surface area contributed by atoms with Gasteiger partial charge in [-0.05, 0) is 51.0 Å². The van der Waals surface area contributed by atoms with Gasteiger partial charge in [0.15, 0.2) is 0 Å².